The summed E-state index contributed by atoms with van der Waals surface area (Å²) in [6.07, 6.45) is 4.61. The Morgan fingerprint density at radius 2 is 1.50 bits per heavy atom. The molecule has 0 aliphatic heterocycles. The molecule has 10 heteroatoms. The molecular formula is C18H22N2O8. The van der Waals surface area contributed by atoms with Gasteiger partial charge in [0.25, 0.3) is 0 Å². The topological polar surface area (TPSA) is 138 Å². The minimum absolute atomic E-state index is 0.0981. The lowest BCUT2D eigenvalue weighted by molar-refractivity contribution is -0.143. The highest BCUT2D eigenvalue weighted by Crippen LogP contribution is 2.11. The molecular weight excluding hydrogens is 372 g/mol. The third-order valence-electron chi connectivity index (χ3n) is 2.55. The average Bonchev–Trinajstić information content (AvgIpc) is 2.68. The lowest BCUT2D eigenvalue weighted by atomic mass is 10.1. The average molecular weight is 394 g/mol. The Balaban J connectivity index is 0. The van der Waals surface area contributed by atoms with E-state index in [9.17, 15) is 24.0 Å². The zero-order valence-electron chi connectivity index (χ0n) is 15.8. The molecule has 28 heavy (non-hydrogen) atoms. The number of carbonyl (C=O) groups excluding carboxylic acids is 5. The van der Waals surface area contributed by atoms with Gasteiger partial charge in [-0.2, -0.15) is 4.99 Å². The lowest BCUT2D eigenvalue weighted by Gasteiger charge is -2.21. The van der Waals surface area contributed by atoms with E-state index in [0.717, 1.165) is 12.2 Å². The molecule has 0 saturated heterocycles. The van der Waals surface area contributed by atoms with Gasteiger partial charge in [-0.3, -0.25) is 0 Å². The maximum Gasteiger partial charge on any atom is 0.333 e. The Hall–Kier alpha value is -3.61. The Kier molecular flexibility index (Phi) is 14.9. The fourth-order valence-electron chi connectivity index (χ4n) is 1.14. The van der Waals surface area contributed by atoms with Gasteiger partial charge in [0.2, 0.25) is 12.2 Å². The van der Waals surface area contributed by atoms with E-state index in [1.165, 1.54) is 19.1 Å². The van der Waals surface area contributed by atoms with Crippen LogP contribution in [0, 0.1) is 0 Å². The van der Waals surface area contributed by atoms with Gasteiger partial charge < -0.3 is 14.2 Å². The van der Waals surface area contributed by atoms with Crippen LogP contribution in [0.25, 0.3) is 0 Å². The normalized spacial score (nSPS) is 9.07. The second kappa shape index (κ2) is 15.6. The van der Waals surface area contributed by atoms with Gasteiger partial charge in [0, 0.05) is 17.7 Å². The molecule has 0 saturated carbocycles. The van der Waals surface area contributed by atoms with Gasteiger partial charge in [0.1, 0.15) is 25.4 Å². The zero-order valence-corrected chi connectivity index (χ0v) is 15.8. The third-order valence-corrected chi connectivity index (χ3v) is 2.55. The highest BCUT2D eigenvalue weighted by Gasteiger charge is 2.27. The van der Waals surface area contributed by atoms with Crippen molar-refractivity contribution in [3.05, 3.63) is 37.5 Å². The first kappa shape index (κ1) is 26.6. The second-order valence-corrected chi connectivity index (χ2v) is 5.21. The summed E-state index contributed by atoms with van der Waals surface area (Å²) in [6.45, 7) is 12.6. The van der Waals surface area contributed by atoms with Crippen molar-refractivity contribution in [3.63, 3.8) is 0 Å². The van der Waals surface area contributed by atoms with Crippen molar-refractivity contribution >= 4 is 30.1 Å². The van der Waals surface area contributed by atoms with Crippen LogP contribution in [0.5, 0.6) is 0 Å². The molecule has 0 N–H and O–H groups in total. The van der Waals surface area contributed by atoms with E-state index in [1.54, 1.807) is 6.92 Å². The SMILES string of the molecule is C=C(C)C(=O)OCCN=C=O.C=CC(=O)OCC(C)(COC(=O)C=C)N=C=O. The number of rotatable bonds is 11. The fourth-order valence-corrected chi connectivity index (χ4v) is 1.14. The van der Waals surface area contributed by atoms with E-state index in [0.29, 0.717) is 5.57 Å². The Labute approximate surface area is 162 Å². The lowest BCUT2D eigenvalue weighted by Crippen LogP contribution is -2.36. The monoisotopic (exact) mass is 394 g/mol. The van der Waals surface area contributed by atoms with E-state index in [-0.39, 0.29) is 26.4 Å². The number of isocyanates is 2. The molecule has 0 heterocycles. The molecule has 152 valence electrons. The Morgan fingerprint density at radius 3 is 1.86 bits per heavy atom. The van der Waals surface area contributed by atoms with Crippen LogP contribution in [0.3, 0.4) is 0 Å². The Morgan fingerprint density at radius 1 is 1.00 bits per heavy atom. The van der Waals surface area contributed by atoms with Gasteiger partial charge in [-0.1, -0.05) is 19.7 Å². The van der Waals surface area contributed by atoms with Crippen molar-refractivity contribution in [3.8, 4) is 0 Å². The van der Waals surface area contributed by atoms with Gasteiger partial charge in [-0.05, 0) is 13.8 Å². The van der Waals surface area contributed by atoms with Crippen molar-refractivity contribution < 1.29 is 38.2 Å². The molecule has 0 aromatic heterocycles. The van der Waals surface area contributed by atoms with Crippen molar-refractivity contribution in [1.29, 1.82) is 0 Å². The van der Waals surface area contributed by atoms with E-state index in [1.807, 2.05) is 0 Å². The molecule has 0 unspecified atom stereocenters. The standard InChI is InChI=1S/C11H13NO5.C7H9NO3/c1-4-9(14)16-6-11(3,12-8-13)7-17-10(15)5-2;1-6(2)7(10)11-4-3-8-5-9/h4-5H,1-2,6-7H2,3H3;1,3-4H2,2H3. The van der Waals surface area contributed by atoms with Crippen LogP contribution in [0.15, 0.2) is 47.4 Å². The first-order valence-electron chi connectivity index (χ1n) is 7.69. The molecule has 0 radical (unpaired) electrons. The number of nitrogens with zero attached hydrogens (tertiary/aromatic N) is 2. The predicted molar refractivity (Wildman–Crippen MR) is 97.6 cm³/mol. The summed E-state index contributed by atoms with van der Waals surface area (Å²) in [4.78, 5) is 58.7. The minimum atomic E-state index is -1.17. The molecule has 0 amide bonds. The molecule has 10 nitrogen and oxygen atoms in total. The maximum absolute atomic E-state index is 10.9. The number of ether oxygens (including phenoxy) is 3. The molecule has 0 fully saturated rings. The zero-order chi connectivity index (χ0) is 22.0. The van der Waals surface area contributed by atoms with Gasteiger partial charge in [0.05, 0.1) is 6.54 Å². The molecule has 0 rings (SSSR count). The first-order valence-corrected chi connectivity index (χ1v) is 7.69. The molecule has 0 aromatic rings. The van der Waals surface area contributed by atoms with Crippen LogP contribution in [-0.2, 0) is 38.2 Å². The summed E-state index contributed by atoms with van der Waals surface area (Å²) < 4.78 is 14.1. The number of hydrogen-bond acceptors (Lipinski definition) is 10. The van der Waals surface area contributed by atoms with Gasteiger partial charge >= 0.3 is 17.9 Å². The van der Waals surface area contributed by atoms with Crippen LogP contribution in [-0.4, -0.2) is 62.0 Å². The minimum Gasteiger partial charge on any atom is -0.460 e. The molecule has 0 aliphatic rings. The maximum atomic E-state index is 10.9. The highest BCUT2D eigenvalue weighted by molar-refractivity contribution is 5.86. The van der Waals surface area contributed by atoms with Crippen LogP contribution in [0.2, 0.25) is 0 Å². The molecule has 0 atom stereocenters. The van der Waals surface area contributed by atoms with Crippen molar-refractivity contribution in [2.24, 2.45) is 9.98 Å². The van der Waals surface area contributed by atoms with E-state index < -0.39 is 23.4 Å². The van der Waals surface area contributed by atoms with Crippen molar-refractivity contribution in [2.45, 2.75) is 19.4 Å². The number of hydrogen-bond donors (Lipinski definition) is 0. The molecule has 0 aliphatic carbocycles. The van der Waals surface area contributed by atoms with E-state index >= 15 is 0 Å². The quantitative estimate of drug-likeness (QED) is 0.126. The Bertz CT molecular complexity index is 662. The summed E-state index contributed by atoms with van der Waals surface area (Å²) in [6, 6.07) is 0. The third kappa shape index (κ3) is 14.7. The summed E-state index contributed by atoms with van der Waals surface area (Å²) in [5.41, 5.74) is -0.834. The van der Waals surface area contributed by atoms with Gasteiger partial charge in [0.15, 0.2) is 0 Å². The molecule has 0 spiro atoms. The van der Waals surface area contributed by atoms with E-state index in [2.05, 4.69) is 34.5 Å². The summed E-state index contributed by atoms with van der Waals surface area (Å²) >= 11 is 0. The van der Waals surface area contributed by atoms with Crippen LogP contribution in [0.1, 0.15) is 13.8 Å². The predicted octanol–water partition coefficient (Wildman–Crippen LogP) is 0.981. The molecule has 0 bridgehead atoms. The summed E-state index contributed by atoms with van der Waals surface area (Å²) in [5, 5.41) is 0. The van der Waals surface area contributed by atoms with Gasteiger partial charge in [-0.15, -0.1) is 0 Å². The number of aliphatic imine (C=N–C) groups is 2. The van der Waals surface area contributed by atoms with Crippen molar-refractivity contribution in [2.75, 3.05) is 26.4 Å². The number of carbonyl (C=O) groups is 3. The fraction of sp³-hybridized carbons (Fsp3) is 0.389. The van der Waals surface area contributed by atoms with Gasteiger partial charge in [-0.25, -0.2) is 29.0 Å². The van der Waals surface area contributed by atoms with E-state index in [4.69, 9.17) is 9.47 Å². The smallest absolute Gasteiger partial charge is 0.333 e. The van der Waals surface area contributed by atoms with Crippen LogP contribution < -0.4 is 0 Å². The largest absolute Gasteiger partial charge is 0.460 e. The molecule has 0 aromatic carbocycles. The number of esters is 3. The van der Waals surface area contributed by atoms with Crippen molar-refractivity contribution in [1.82, 2.24) is 0 Å². The summed E-state index contributed by atoms with van der Waals surface area (Å²) in [7, 11) is 0. The highest BCUT2D eigenvalue weighted by atomic mass is 16.5. The van der Waals surface area contributed by atoms with Crippen LogP contribution in [0.4, 0.5) is 0 Å². The summed E-state index contributed by atoms with van der Waals surface area (Å²) in [5.74, 6) is -1.79. The second-order valence-electron chi connectivity index (χ2n) is 5.21. The van der Waals surface area contributed by atoms with Crippen LogP contribution >= 0.6 is 0 Å². The first-order chi connectivity index (χ1) is 13.2.